The number of rotatable bonds is 5. The van der Waals surface area contributed by atoms with Crippen molar-refractivity contribution in [2.24, 2.45) is 0 Å². The zero-order chi connectivity index (χ0) is 13.1. The Balaban J connectivity index is 1.56. The molecule has 0 saturated carbocycles. The van der Waals surface area contributed by atoms with Gasteiger partial charge in [0.15, 0.2) is 0 Å². The average molecular weight is 259 g/mol. The van der Waals surface area contributed by atoms with E-state index in [4.69, 9.17) is 0 Å². The molecule has 3 heterocycles. The minimum absolute atomic E-state index is 0.605. The largest absolute Gasteiger partial charge is 0.298 e. The van der Waals surface area contributed by atoms with Gasteiger partial charge in [-0.2, -0.15) is 10.2 Å². The molecular formula is C14H21N5. The fourth-order valence-corrected chi connectivity index (χ4v) is 2.82. The average Bonchev–Trinajstić information content (AvgIpc) is 3.10. The van der Waals surface area contributed by atoms with Gasteiger partial charge in [0.05, 0.1) is 6.20 Å². The molecule has 0 amide bonds. The molecule has 102 valence electrons. The topological polar surface area (TPSA) is 49.7 Å². The molecule has 1 fully saturated rings. The first-order valence-electron chi connectivity index (χ1n) is 7.08. The Kier molecular flexibility index (Phi) is 3.64. The van der Waals surface area contributed by atoms with Gasteiger partial charge in [-0.1, -0.05) is 6.92 Å². The lowest BCUT2D eigenvalue weighted by Crippen LogP contribution is -2.19. The zero-order valence-electron chi connectivity index (χ0n) is 11.4. The fourth-order valence-electron chi connectivity index (χ4n) is 2.82. The summed E-state index contributed by atoms with van der Waals surface area (Å²) in [5.41, 5.74) is 2.59. The van der Waals surface area contributed by atoms with Gasteiger partial charge in [-0.25, -0.2) is 0 Å². The molecule has 1 aliphatic rings. The molecular weight excluding hydrogens is 238 g/mol. The van der Waals surface area contributed by atoms with Crippen LogP contribution in [0, 0.1) is 0 Å². The van der Waals surface area contributed by atoms with E-state index in [1.54, 1.807) is 0 Å². The van der Waals surface area contributed by atoms with E-state index in [0.29, 0.717) is 5.92 Å². The maximum absolute atomic E-state index is 4.39. The summed E-state index contributed by atoms with van der Waals surface area (Å²) in [6, 6.07) is 2.09. The molecule has 5 nitrogen and oxygen atoms in total. The molecule has 3 rings (SSSR count). The van der Waals surface area contributed by atoms with Crippen LogP contribution in [0.25, 0.3) is 0 Å². The highest BCUT2D eigenvalue weighted by Crippen LogP contribution is 2.26. The number of hydrogen-bond acceptors (Lipinski definition) is 3. The summed E-state index contributed by atoms with van der Waals surface area (Å²) in [7, 11) is 0. The maximum Gasteiger partial charge on any atom is 0.0534 e. The van der Waals surface area contributed by atoms with Crippen molar-refractivity contribution in [1.82, 2.24) is 24.9 Å². The Hall–Kier alpha value is -1.62. The molecule has 1 unspecified atom stereocenters. The van der Waals surface area contributed by atoms with E-state index in [0.717, 1.165) is 32.6 Å². The lowest BCUT2D eigenvalue weighted by atomic mass is 10.1. The molecule has 2 aromatic heterocycles. The van der Waals surface area contributed by atoms with E-state index >= 15 is 0 Å². The predicted molar refractivity (Wildman–Crippen MR) is 73.7 cm³/mol. The standard InChI is InChI=1S/C14H21N5/c1-2-6-19-10-12(8-16-19)9-18-7-4-13(11-18)14-3-5-15-17-14/h3,5,8,10,13H,2,4,6-7,9,11H2,1H3,(H,15,17). The summed E-state index contributed by atoms with van der Waals surface area (Å²) in [4.78, 5) is 2.50. The van der Waals surface area contributed by atoms with Gasteiger partial charge in [0.1, 0.15) is 0 Å². The van der Waals surface area contributed by atoms with E-state index in [1.807, 2.05) is 17.1 Å². The summed E-state index contributed by atoms with van der Waals surface area (Å²) in [5.74, 6) is 0.605. The second kappa shape index (κ2) is 5.57. The molecule has 0 bridgehead atoms. The van der Waals surface area contributed by atoms with Gasteiger partial charge >= 0.3 is 0 Å². The van der Waals surface area contributed by atoms with Crippen molar-refractivity contribution in [1.29, 1.82) is 0 Å². The third-order valence-corrected chi connectivity index (χ3v) is 3.78. The second-order valence-electron chi connectivity index (χ2n) is 5.34. The molecule has 19 heavy (non-hydrogen) atoms. The first-order chi connectivity index (χ1) is 9.35. The molecule has 1 atom stereocenters. The van der Waals surface area contributed by atoms with E-state index in [-0.39, 0.29) is 0 Å². The van der Waals surface area contributed by atoms with Crippen LogP contribution in [-0.4, -0.2) is 38.0 Å². The van der Waals surface area contributed by atoms with E-state index in [2.05, 4.69) is 39.4 Å². The monoisotopic (exact) mass is 259 g/mol. The van der Waals surface area contributed by atoms with Crippen LogP contribution >= 0.6 is 0 Å². The van der Waals surface area contributed by atoms with Crippen LogP contribution in [0.4, 0.5) is 0 Å². The number of nitrogens with one attached hydrogen (secondary N) is 1. The lowest BCUT2D eigenvalue weighted by molar-refractivity contribution is 0.326. The molecule has 2 aromatic rings. The van der Waals surface area contributed by atoms with Crippen LogP contribution in [0.5, 0.6) is 0 Å². The van der Waals surface area contributed by atoms with Crippen molar-refractivity contribution in [3.05, 3.63) is 35.9 Å². The summed E-state index contributed by atoms with van der Waals surface area (Å²) in [5, 5.41) is 11.5. The lowest BCUT2D eigenvalue weighted by Gasteiger charge is -2.14. The molecule has 0 spiro atoms. The van der Waals surface area contributed by atoms with Crippen LogP contribution in [0.3, 0.4) is 0 Å². The van der Waals surface area contributed by atoms with Crippen LogP contribution in [0.2, 0.25) is 0 Å². The Morgan fingerprint density at radius 2 is 2.42 bits per heavy atom. The van der Waals surface area contributed by atoms with Gasteiger partial charge < -0.3 is 0 Å². The van der Waals surface area contributed by atoms with Gasteiger partial charge in [0.2, 0.25) is 0 Å². The summed E-state index contributed by atoms with van der Waals surface area (Å²) in [6.07, 6.45) is 8.36. The van der Waals surface area contributed by atoms with Gasteiger partial charge in [0, 0.05) is 49.2 Å². The summed E-state index contributed by atoms with van der Waals surface area (Å²) in [6.45, 7) is 6.46. The maximum atomic E-state index is 4.39. The normalized spacial score (nSPS) is 20.2. The van der Waals surface area contributed by atoms with E-state index in [1.165, 1.54) is 17.7 Å². The van der Waals surface area contributed by atoms with Gasteiger partial charge in [-0.15, -0.1) is 0 Å². The van der Waals surface area contributed by atoms with Crippen LogP contribution in [-0.2, 0) is 13.1 Å². The molecule has 1 N–H and O–H groups in total. The third kappa shape index (κ3) is 2.87. The van der Waals surface area contributed by atoms with E-state index < -0.39 is 0 Å². The third-order valence-electron chi connectivity index (χ3n) is 3.78. The second-order valence-corrected chi connectivity index (χ2v) is 5.34. The van der Waals surface area contributed by atoms with Crippen LogP contribution < -0.4 is 0 Å². The number of aromatic amines is 1. The van der Waals surface area contributed by atoms with Crippen molar-refractivity contribution < 1.29 is 0 Å². The summed E-state index contributed by atoms with van der Waals surface area (Å²) < 4.78 is 2.04. The van der Waals surface area contributed by atoms with Gasteiger partial charge in [-0.3, -0.25) is 14.7 Å². The number of hydrogen-bond donors (Lipinski definition) is 1. The Morgan fingerprint density at radius 3 is 3.21 bits per heavy atom. The van der Waals surface area contributed by atoms with Crippen LogP contribution in [0.15, 0.2) is 24.7 Å². The first-order valence-corrected chi connectivity index (χ1v) is 7.08. The van der Waals surface area contributed by atoms with Crippen molar-refractivity contribution >= 4 is 0 Å². The molecule has 0 radical (unpaired) electrons. The fraction of sp³-hybridized carbons (Fsp3) is 0.571. The van der Waals surface area contributed by atoms with Crippen LogP contribution in [0.1, 0.15) is 36.9 Å². The van der Waals surface area contributed by atoms with Crippen molar-refractivity contribution in [3.8, 4) is 0 Å². The molecule has 1 saturated heterocycles. The zero-order valence-corrected chi connectivity index (χ0v) is 11.4. The summed E-state index contributed by atoms with van der Waals surface area (Å²) >= 11 is 0. The highest BCUT2D eigenvalue weighted by Gasteiger charge is 2.24. The number of likely N-dealkylation sites (tertiary alicyclic amines) is 1. The molecule has 0 aliphatic carbocycles. The van der Waals surface area contributed by atoms with E-state index in [9.17, 15) is 0 Å². The van der Waals surface area contributed by atoms with Gasteiger partial charge in [-0.05, 0) is 25.5 Å². The SMILES string of the molecule is CCCn1cc(CN2CCC(c3ccn[nH]3)C2)cn1. The quantitative estimate of drug-likeness (QED) is 0.893. The van der Waals surface area contributed by atoms with Gasteiger partial charge in [0.25, 0.3) is 0 Å². The van der Waals surface area contributed by atoms with Crippen molar-refractivity contribution in [2.75, 3.05) is 13.1 Å². The molecule has 0 aromatic carbocycles. The Bertz CT molecular complexity index is 502. The molecule has 5 heteroatoms. The van der Waals surface area contributed by atoms with Crippen molar-refractivity contribution in [3.63, 3.8) is 0 Å². The number of aromatic nitrogens is 4. The Morgan fingerprint density at radius 1 is 1.47 bits per heavy atom. The minimum Gasteiger partial charge on any atom is -0.298 e. The predicted octanol–water partition coefficient (Wildman–Crippen LogP) is 2.01. The smallest absolute Gasteiger partial charge is 0.0534 e. The highest BCUT2D eigenvalue weighted by atomic mass is 15.3. The highest BCUT2D eigenvalue weighted by molar-refractivity contribution is 5.10. The number of H-pyrrole nitrogens is 1. The number of aryl methyl sites for hydroxylation is 1. The number of nitrogens with zero attached hydrogens (tertiary/aromatic N) is 4. The first kappa shape index (κ1) is 12.4. The van der Waals surface area contributed by atoms with Crippen molar-refractivity contribution in [2.45, 2.75) is 38.8 Å². The molecule has 1 aliphatic heterocycles. The minimum atomic E-state index is 0.605. The Labute approximate surface area is 113 Å².